The average molecular weight is 378 g/mol. The van der Waals surface area contributed by atoms with Crippen molar-refractivity contribution in [3.8, 4) is 6.07 Å². The summed E-state index contributed by atoms with van der Waals surface area (Å²) in [5.41, 5.74) is 6.47. The maximum atomic E-state index is 9.35. The van der Waals surface area contributed by atoms with Crippen LogP contribution in [0.25, 0.3) is 5.52 Å². The van der Waals surface area contributed by atoms with Crippen LogP contribution in [0.1, 0.15) is 16.8 Å². The molecule has 0 radical (unpaired) electrons. The average Bonchev–Trinajstić information content (AvgIpc) is 2.81. The van der Waals surface area contributed by atoms with Gasteiger partial charge in [0, 0.05) is 16.8 Å². The van der Waals surface area contributed by atoms with Crippen LogP contribution in [-0.4, -0.2) is 10.6 Å². The molecule has 0 unspecified atom stereocenters. The number of halogens is 3. The minimum Gasteiger partial charge on any atom is -0.307 e. The first-order valence-electron chi connectivity index (χ1n) is 6.96. The normalized spacial score (nSPS) is 11.1. The fourth-order valence-electron chi connectivity index (χ4n) is 2.47. The topological polar surface area (TPSA) is 52.6 Å². The number of benzene rings is 1. The highest BCUT2D eigenvalue weighted by atomic mass is 35.5. The molecule has 3 aromatic rings. The van der Waals surface area contributed by atoms with E-state index >= 15 is 0 Å². The third kappa shape index (κ3) is 2.94. The molecule has 3 rings (SSSR count). The smallest absolute Gasteiger partial charge is 0.128 e. The van der Waals surface area contributed by atoms with Crippen molar-refractivity contribution >= 4 is 52.2 Å². The lowest BCUT2D eigenvalue weighted by atomic mass is 10.1. The summed E-state index contributed by atoms with van der Waals surface area (Å²) in [6.07, 6.45) is 3.49. The van der Waals surface area contributed by atoms with E-state index in [9.17, 15) is 5.26 Å². The molecule has 1 N–H and O–H groups in total. The number of anilines is 1. The highest BCUT2D eigenvalue weighted by Crippen LogP contribution is 2.33. The van der Waals surface area contributed by atoms with E-state index in [1.165, 1.54) is 0 Å². The number of aromatic nitrogens is 1. The number of fused-ring (bicyclic) bond motifs is 1. The van der Waals surface area contributed by atoms with Gasteiger partial charge >= 0.3 is 0 Å². The van der Waals surface area contributed by atoms with Crippen LogP contribution >= 0.6 is 34.8 Å². The van der Waals surface area contributed by atoms with Crippen LogP contribution in [0, 0.1) is 18.3 Å². The van der Waals surface area contributed by atoms with Crippen LogP contribution in [0.4, 0.5) is 5.69 Å². The number of hydrazone groups is 1. The zero-order chi connectivity index (χ0) is 17.3. The van der Waals surface area contributed by atoms with E-state index in [1.807, 2.05) is 35.7 Å². The fraction of sp³-hybridized carbons (Fsp3) is 0.0588. The van der Waals surface area contributed by atoms with E-state index in [0.29, 0.717) is 26.4 Å². The minimum atomic E-state index is 0.376. The van der Waals surface area contributed by atoms with Crippen LogP contribution in [0.3, 0.4) is 0 Å². The standard InChI is InChI=1S/C17H11Cl3N4/c1-10-12(15-4-2-3-5-24(15)16(10)8-21)9-22-23-17-13(19)6-11(18)7-14(17)20/h2-7,9,23H,1H3/b22-9-. The first kappa shape index (κ1) is 16.7. The maximum absolute atomic E-state index is 9.35. The van der Waals surface area contributed by atoms with E-state index in [1.54, 1.807) is 18.3 Å². The zero-order valence-corrected chi connectivity index (χ0v) is 14.8. The molecule has 4 nitrogen and oxygen atoms in total. The Morgan fingerprint density at radius 2 is 1.92 bits per heavy atom. The number of hydrogen-bond acceptors (Lipinski definition) is 3. The number of pyridine rings is 1. The molecule has 0 amide bonds. The number of rotatable bonds is 3. The predicted octanol–water partition coefficient (Wildman–Crippen LogP) is 5.53. The predicted molar refractivity (Wildman–Crippen MR) is 99.5 cm³/mol. The molecule has 0 atom stereocenters. The van der Waals surface area contributed by atoms with Gasteiger partial charge in [-0.2, -0.15) is 10.4 Å². The molecule has 2 heterocycles. The molecule has 0 aliphatic heterocycles. The van der Waals surface area contributed by atoms with Gasteiger partial charge in [-0.1, -0.05) is 40.9 Å². The Bertz CT molecular complexity index is 976. The third-order valence-corrected chi connectivity index (χ3v) is 4.43. The second-order valence-corrected chi connectivity index (χ2v) is 6.32. The Morgan fingerprint density at radius 1 is 1.21 bits per heavy atom. The quantitative estimate of drug-likeness (QED) is 0.482. The molecule has 0 spiro atoms. The fourth-order valence-corrected chi connectivity index (χ4v) is 3.37. The molecule has 0 fully saturated rings. The van der Waals surface area contributed by atoms with Gasteiger partial charge in [-0.15, -0.1) is 0 Å². The molecule has 2 aromatic heterocycles. The Kier molecular flexibility index (Phi) is 4.68. The summed E-state index contributed by atoms with van der Waals surface area (Å²) in [7, 11) is 0. The van der Waals surface area contributed by atoms with Gasteiger partial charge in [-0.25, -0.2) is 0 Å². The van der Waals surface area contributed by atoms with Crippen LogP contribution < -0.4 is 5.43 Å². The van der Waals surface area contributed by atoms with Crippen LogP contribution in [0.2, 0.25) is 15.1 Å². The molecule has 120 valence electrons. The second kappa shape index (κ2) is 6.74. The summed E-state index contributed by atoms with van der Waals surface area (Å²) in [6, 6.07) is 11.1. The molecule has 7 heteroatoms. The monoisotopic (exact) mass is 376 g/mol. The van der Waals surface area contributed by atoms with Gasteiger partial charge in [-0.3, -0.25) is 5.43 Å². The first-order chi connectivity index (χ1) is 11.5. The Hall–Kier alpha value is -2.19. The van der Waals surface area contributed by atoms with Crippen molar-refractivity contribution in [1.82, 2.24) is 4.40 Å². The van der Waals surface area contributed by atoms with Crippen LogP contribution in [0.15, 0.2) is 41.6 Å². The van der Waals surface area contributed by atoms with Crippen molar-refractivity contribution in [3.05, 3.63) is 68.4 Å². The Balaban J connectivity index is 1.98. The number of nitrogens with one attached hydrogen (secondary N) is 1. The molecule has 24 heavy (non-hydrogen) atoms. The summed E-state index contributed by atoms with van der Waals surface area (Å²) < 4.78 is 1.83. The summed E-state index contributed by atoms with van der Waals surface area (Å²) in [5.74, 6) is 0. The van der Waals surface area contributed by atoms with E-state index in [0.717, 1.165) is 16.6 Å². The third-order valence-electron chi connectivity index (χ3n) is 3.62. The molecule has 0 aliphatic rings. The van der Waals surface area contributed by atoms with Crippen LogP contribution in [-0.2, 0) is 0 Å². The zero-order valence-electron chi connectivity index (χ0n) is 12.5. The van der Waals surface area contributed by atoms with Gasteiger partial charge < -0.3 is 4.40 Å². The Labute approximate surface area is 153 Å². The van der Waals surface area contributed by atoms with Crippen molar-refractivity contribution in [2.24, 2.45) is 5.10 Å². The van der Waals surface area contributed by atoms with E-state index in [4.69, 9.17) is 34.8 Å². The molecule has 0 aliphatic carbocycles. The summed E-state index contributed by atoms with van der Waals surface area (Å²) in [4.78, 5) is 0. The lowest BCUT2D eigenvalue weighted by molar-refractivity contribution is 1.14. The SMILES string of the molecule is Cc1c(/C=N\Nc2c(Cl)cc(Cl)cc2Cl)c2ccccn2c1C#N. The molecule has 1 aromatic carbocycles. The second-order valence-electron chi connectivity index (χ2n) is 5.07. The highest BCUT2D eigenvalue weighted by molar-refractivity contribution is 6.41. The van der Waals surface area contributed by atoms with E-state index in [2.05, 4.69) is 16.6 Å². The minimum absolute atomic E-state index is 0.376. The van der Waals surface area contributed by atoms with Gasteiger partial charge in [0.25, 0.3) is 0 Å². The van der Waals surface area contributed by atoms with Gasteiger partial charge in [0.2, 0.25) is 0 Å². The highest BCUT2D eigenvalue weighted by Gasteiger charge is 2.13. The van der Waals surface area contributed by atoms with E-state index in [-0.39, 0.29) is 0 Å². The largest absolute Gasteiger partial charge is 0.307 e. The lowest BCUT2D eigenvalue weighted by Gasteiger charge is -2.06. The number of hydrogen-bond donors (Lipinski definition) is 1. The summed E-state index contributed by atoms with van der Waals surface area (Å²) in [5, 5.41) is 14.8. The summed E-state index contributed by atoms with van der Waals surface area (Å²) >= 11 is 18.1. The summed E-state index contributed by atoms with van der Waals surface area (Å²) in [6.45, 7) is 1.88. The molecule has 0 bridgehead atoms. The number of nitriles is 1. The number of nitrogens with zero attached hydrogens (tertiary/aromatic N) is 3. The maximum Gasteiger partial charge on any atom is 0.128 e. The molecule has 0 saturated heterocycles. The van der Waals surface area contributed by atoms with Crippen molar-refractivity contribution in [2.45, 2.75) is 6.92 Å². The van der Waals surface area contributed by atoms with E-state index < -0.39 is 0 Å². The van der Waals surface area contributed by atoms with Crippen molar-refractivity contribution in [2.75, 3.05) is 5.43 Å². The molecular formula is C17H11Cl3N4. The van der Waals surface area contributed by atoms with Crippen molar-refractivity contribution < 1.29 is 0 Å². The van der Waals surface area contributed by atoms with Crippen molar-refractivity contribution in [3.63, 3.8) is 0 Å². The molecular weight excluding hydrogens is 367 g/mol. The van der Waals surface area contributed by atoms with Crippen molar-refractivity contribution in [1.29, 1.82) is 5.26 Å². The first-order valence-corrected chi connectivity index (χ1v) is 8.09. The lowest BCUT2D eigenvalue weighted by Crippen LogP contribution is -1.93. The van der Waals surface area contributed by atoms with Crippen LogP contribution in [0.5, 0.6) is 0 Å². The van der Waals surface area contributed by atoms with Gasteiger partial charge in [-0.05, 0) is 36.8 Å². The Morgan fingerprint density at radius 3 is 2.58 bits per heavy atom. The van der Waals surface area contributed by atoms with Gasteiger partial charge in [0.1, 0.15) is 11.8 Å². The molecule has 0 saturated carbocycles. The van der Waals surface area contributed by atoms with Gasteiger partial charge in [0.15, 0.2) is 0 Å². The van der Waals surface area contributed by atoms with Gasteiger partial charge in [0.05, 0.1) is 27.5 Å².